The smallest absolute Gasteiger partial charge is 0.298 e. The van der Waals surface area contributed by atoms with Crippen LogP contribution in [0.5, 0.6) is 5.75 Å². The van der Waals surface area contributed by atoms with Crippen LogP contribution in [0.2, 0.25) is 16.6 Å². The first-order valence-electron chi connectivity index (χ1n) is 11.2. The van der Waals surface area contributed by atoms with E-state index in [1.165, 1.54) is 12.1 Å². The molecule has 0 aliphatic rings. The molecule has 1 rings (SSSR count). The van der Waals surface area contributed by atoms with Gasteiger partial charge in [0.15, 0.2) is 0 Å². The minimum absolute atomic E-state index is 0.126. The summed E-state index contributed by atoms with van der Waals surface area (Å²) < 4.78 is 36.7. The van der Waals surface area contributed by atoms with E-state index in [0.717, 1.165) is 24.6 Å². The molecule has 176 valence electrons. The molecule has 0 aliphatic heterocycles. The van der Waals surface area contributed by atoms with Gasteiger partial charge < -0.3 is 4.74 Å². The molecule has 0 amide bonds. The Balaban J connectivity index is 3.24. The standard InChI is InChI=1S/C24H39BrO4SSi/c1-19(2)31(20(3)4,21(5)6)18-16-23(11-9-8-10-17-25)29-30(26,27)24-14-12-22(28-7)13-15-24/h12-15,19-21,23H,8-11,17H2,1-7H3. The van der Waals surface area contributed by atoms with Crippen molar-refractivity contribution in [3.05, 3.63) is 24.3 Å². The lowest BCUT2D eigenvalue weighted by atomic mass is 10.1. The van der Waals surface area contributed by atoms with Gasteiger partial charge in [-0.15, -0.1) is 5.54 Å². The molecule has 0 heterocycles. The highest BCUT2D eigenvalue weighted by Gasteiger charge is 2.41. The first-order valence-corrected chi connectivity index (χ1v) is 15.9. The summed E-state index contributed by atoms with van der Waals surface area (Å²) >= 11 is 3.45. The number of unbranched alkanes of at least 4 members (excludes halogenated alkanes) is 2. The second-order valence-electron chi connectivity index (χ2n) is 8.92. The molecule has 0 radical (unpaired) electrons. The van der Waals surface area contributed by atoms with E-state index in [2.05, 4.69) is 68.9 Å². The van der Waals surface area contributed by atoms with Crippen molar-refractivity contribution in [2.75, 3.05) is 12.4 Å². The van der Waals surface area contributed by atoms with Crippen molar-refractivity contribution >= 4 is 34.1 Å². The van der Waals surface area contributed by atoms with Crippen molar-refractivity contribution in [3.63, 3.8) is 0 Å². The molecule has 0 fully saturated rings. The highest BCUT2D eigenvalue weighted by Crippen LogP contribution is 2.40. The predicted molar refractivity (Wildman–Crippen MR) is 136 cm³/mol. The van der Waals surface area contributed by atoms with Gasteiger partial charge in [-0.25, -0.2) is 4.18 Å². The maximum atomic E-state index is 12.9. The SMILES string of the molecule is COc1ccc(S(=O)(=O)OC(C#C[Si](C(C)C)(C(C)C)C(C)C)CCCCCBr)cc1. The lowest BCUT2D eigenvalue weighted by Crippen LogP contribution is -2.43. The van der Waals surface area contributed by atoms with Gasteiger partial charge in [0.05, 0.1) is 12.0 Å². The van der Waals surface area contributed by atoms with Crippen LogP contribution in [0.4, 0.5) is 0 Å². The van der Waals surface area contributed by atoms with E-state index in [4.69, 9.17) is 8.92 Å². The first kappa shape index (κ1) is 28.2. The number of halogens is 1. The highest BCUT2D eigenvalue weighted by molar-refractivity contribution is 9.09. The molecule has 4 nitrogen and oxygen atoms in total. The first-order chi connectivity index (χ1) is 14.5. The fourth-order valence-electron chi connectivity index (χ4n) is 4.33. The Labute approximate surface area is 199 Å². The van der Waals surface area contributed by atoms with Crippen LogP contribution in [-0.4, -0.2) is 35.0 Å². The molecule has 0 saturated heterocycles. The van der Waals surface area contributed by atoms with Crippen molar-refractivity contribution in [2.45, 2.75) is 94.8 Å². The fourth-order valence-corrected chi connectivity index (χ4v) is 11.0. The maximum absolute atomic E-state index is 12.9. The molecular formula is C24H39BrO4SSi. The molecule has 7 heteroatoms. The van der Waals surface area contributed by atoms with Crippen molar-refractivity contribution in [1.82, 2.24) is 0 Å². The second-order valence-corrected chi connectivity index (χ2v) is 16.9. The number of benzene rings is 1. The quantitative estimate of drug-likeness (QED) is 0.0963. The van der Waals surface area contributed by atoms with Gasteiger partial charge in [-0.3, -0.25) is 0 Å². The van der Waals surface area contributed by atoms with Crippen molar-refractivity contribution < 1.29 is 17.3 Å². The molecule has 0 saturated carbocycles. The lowest BCUT2D eigenvalue weighted by Gasteiger charge is -2.38. The van der Waals surface area contributed by atoms with Crippen LogP contribution in [0.3, 0.4) is 0 Å². The van der Waals surface area contributed by atoms with E-state index in [-0.39, 0.29) is 4.90 Å². The van der Waals surface area contributed by atoms with Gasteiger partial charge in [-0.2, -0.15) is 8.42 Å². The Kier molecular flexibility index (Phi) is 11.9. The monoisotopic (exact) mass is 530 g/mol. The average molecular weight is 532 g/mol. The van der Waals surface area contributed by atoms with Crippen molar-refractivity contribution in [3.8, 4) is 17.2 Å². The largest absolute Gasteiger partial charge is 0.497 e. The van der Waals surface area contributed by atoms with E-state index in [1.807, 2.05) is 0 Å². The summed E-state index contributed by atoms with van der Waals surface area (Å²) in [5, 5.41) is 0.943. The average Bonchev–Trinajstić information content (AvgIpc) is 2.70. The Morgan fingerprint density at radius 2 is 1.48 bits per heavy atom. The Bertz CT molecular complexity index is 802. The van der Waals surface area contributed by atoms with Crippen LogP contribution >= 0.6 is 15.9 Å². The van der Waals surface area contributed by atoms with Gasteiger partial charge in [-0.05, 0) is 60.2 Å². The Hall–Kier alpha value is -0.813. The summed E-state index contributed by atoms with van der Waals surface area (Å²) in [6.45, 7) is 13.5. The number of alkyl halides is 1. The predicted octanol–water partition coefficient (Wildman–Crippen LogP) is 6.95. The molecule has 0 bridgehead atoms. The van der Waals surface area contributed by atoms with E-state index < -0.39 is 24.3 Å². The molecule has 0 spiro atoms. The summed E-state index contributed by atoms with van der Waals surface area (Å²) in [6.07, 6.45) is 2.91. The highest BCUT2D eigenvalue weighted by atomic mass is 79.9. The number of hydrogen-bond acceptors (Lipinski definition) is 4. The second kappa shape index (κ2) is 13.0. The fraction of sp³-hybridized carbons (Fsp3) is 0.667. The molecule has 1 aromatic carbocycles. The minimum atomic E-state index is -3.91. The van der Waals surface area contributed by atoms with Crippen molar-refractivity contribution in [2.24, 2.45) is 0 Å². The number of ether oxygens (including phenoxy) is 1. The Morgan fingerprint density at radius 3 is 1.94 bits per heavy atom. The van der Waals surface area contributed by atoms with Crippen LogP contribution < -0.4 is 4.74 Å². The van der Waals surface area contributed by atoms with Crippen LogP contribution in [-0.2, 0) is 14.3 Å². The van der Waals surface area contributed by atoms with E-state index in [9.17, 15) is 8.42 Å². The van der Waals surface area contributed by atoms with Crippen LogP contribution in [0.25, 0.3) is 0 Å². The third-order valence-corrected chi connectivity index (χ3v) is 14.2. The zero-order valence-corrected chi connectivity index (χ0v) is 23.5. The molecule has 0 aromatic heterocycles. The zero-order valence-electron chi connectivity index (χ0n) is 20.1. The molecule has 1 aromatic rings. The van der Waals surface area contributed by atoms with Gasteiger partial charge in [0.2, 0.25) is 0 Å². The summed E-state index contributed by atoms with van der Waals surface area (Å²) in [5.41, 5.74) is 5.07. The molecule has 1 atom stereocenters. The molecular weight excluding hydrogens is 492 g/mol. The lowest BCUT2D eigenvalue weighted by molar-refractivity contribution is 0.249. The molecule has 1 unspecified atom stereocenters. The topological polar surface area (TPSA) is 52.6 Å². The Morgan fingerprint density at radius 1 is 0.935 bits per heavy atom. The third-order valence-electron chi connectivity index (χ3n) is 6.01. The summed E-state index contributed by atoms with van der Waals surface area (Å²) in [7, 11) is -4.33. The number of rotatable bonds is 12. The van der Waals surface area contributed by atoms with E-state index in [0.29, 0.717) is 28.8 Å². The molecule has 31 heavy (non-hydrogen) atoms. The van der Waals surface area contributed by atoms with Crippen molar-refractivity contribution in [1.29, 1.82) is 0 Å². The van der Waals surface area contributed by atoms with E-state index in [1.54, 1.807) is 19.2 Å². The molecule has 0 aliphatic carbocycles. The van der Waals surface area contributed by atoms with Gasteiger partial charge in [0.1, 0.15) is 19.9 Å². The summed E-state index contributed by atoms with van der Waals surface area (Å²) in [4.78, 5) is 0.126. The van der Waals surface area contributed by atoms with Gasteiger partial charge in [-0.1, -0.05) is 69.8 Å². The van der Waals surface area contributed by atoms with Crippen LogP contribution in [0.15, 0.2) is 29.2 Å². The normalized spacial score (nSPS) is 13.4. The summed E-state index contributed by atoms with van der Waals surface area (Å²) in [5.74, 6) is 3.91. The zero-order chi connectivity index (χ0) is 23.7. The van der Waals surface area contributed by atoms with E-state index >= 15 is 0 Å². The minimum Gasteiger partial charge on any atom is -0.497 e. The number of methoxy groups -OCH3 is 1. The van der Waals surface area contributed by atoms with Crippen LogP contribution in [0.1, 0.15) is 67.2 Å². The molecule has 0 N–H and O–H groups in total. The van der Waals surface area contributed by atoms with Crippen LogP contribution in [0, 0.1) is 11.5 Å². The van der Waals surface area contributed by atoms with Gasteiger partial charge in [0, 0.05) is 5.33 Å². The third kappa shape index (κ3) is 7.92. The maximum Gasteiger partial charge on any atom is 0.298 e. The van der Waals surface area contributed by atoms with Gasteiger partial charge in [0.25, 0.3) is 10.1 Å². The van der Waals surface area contributed by atoms with Gasteiger partial charge >= 0.3 is 0 Å². The number of hydrogen-bond donors (Lipinski definition) is 0. The summed E-state index contributed by atoms with van der Waals surface area (Å²) in [6, 6.07) is 6.28.